The van der Waals surface area contributed by atoms with Gasteiger partial charge in [0.1, 0.15) is 0 Å². The number of nitrogens with one attached hydrogen (secondary N) is 2. The summed E-state index contributed by atoms with van der Waals surface area (Å²) in [5, 5.41) is 13.4. The Bertz CT molecular complexity index is 379. The first kappa shape index (κ1) is 12.4. The molecular formula is C8H11N3O4S. The van der Waals surface area contributed by atoms with Crippen LogP contribution in [0.1, 0.15) is 10.7 Å². The first-order valence-electron chi connectivity index (χ1n) is 4.36. The molecule has 0 bridgehead atoms. The maximum absolute atomic E-state index is 11.0. The van der Waals surface area contributed by atoms with E-state index in [4.69, 9.17) is 5.11 Å². The zero-order valence-corrected chi connectivity index (χ0v) is 9.34. The molecule has 2 amide bonds. The summed E-state index contributed by atoms with van der Waals surface area (Å²) >= 11 is 1.49. The Hall–Kier alpha value is -1.67. The topological polar surface area (TPSA) is 101 Å². The summed E-state index contributed by atoms with van der Waals surface area (Å²) in [6, 6.07) is -0.605. The van der Waals surface area contributed by atoms with Gasteiger partial charge in [-0.3, -0.25) is 4.84 Å². The Morgan fingerprint density at radius 3 is 2.94 bits per heavy atom. The zero-order valence-electron chi connectivity index (χ0n) is 8.52. The molecule has 0 aliphatic carbocycles. The highest BCUT2D eigenvalue weighted by molar-refractivity contribution is 7.09. The third kappa shape index (κ3) is 4.71. The highest BCUT2D eigenvalue weighted by Gasteiger charge is 2.03. The summed E-state index contributed by atoms with van der Waals surface area (Å²) in [5.41, 5.74) is 2.68. The average molecular weight is 245 g/mol. The van der Waals surface area contributed by atoms with Crippen molar-refractivity contribution < 1.29 is 19.5 Å². The molecule has 0 aliphatic rings. The largest absolute Gasteiger partial charge is 0.479 e. The monoisotopic (exact) mass is 245 g/mol. The lowest BCUT2D eigenvalue weighted by Crippen LogP contribution is -2.36. The highest BCUT2D eigenvalue weighted by atomic mass is 32.1. The van der Waals surface area contributed by atoms with Crippen molar-refractivity contribution in [3.05, 3.63) is 16.1 Å². The number of rotatable bonds is 5. The molecule has 0 atom stereocenters. The van der Waals surface area contributed by atoms with Crippen molar-refractivity contribution >= 4 is 23.3 Å². The van der Waals surface area contributed by atoms with Crippen LogP contribution in [0.2, 0.25) is 0 Å². The Kier molecular flexibility index (Phi) is 4.67. The maximum atomic E-state index is 11.0. The van der Waals surface area contributed by atoms with Crippen LogP contribution in [0, 0.1) is 6.92 Å². The van der Waals surface area contributed by atoms with E-state index >= 15 is 0 Å². The Labute approximate surface area is 95.4 Å². The van der Waals surface area contributed by atoms with Gasteiger partial charge in [-0.15, -0.1) is 11.3 Å². The number of aromatic nitrogens is 1. The number of aliphatic carboxylic acids is 1. The van der Waals surface area contributed by atoms with Crippen LogP contribution in [0.25, 0.3) is 0 Å². The van der Waals surface area contributed by atoms with Crippen molar-refractivity contribution in [2.75, 3.05) is 6.61 Å². The predicted molar refractivity (Wildman–Crippen MR) is 55.8 cm³/mol. The van der Waals surface area contributed by atoms with Gasteiger partial charge in [-0.1, -0.05) is 0 Å². The molecule has 0 unspecified atom stereocenters. The van der Waals surface area contributed by atoms with Gasteiger partial charge in [-0.2, -0.15) is 0 Å². The molecule has 8 heteroatoms. The van der Waals surface area contributed by atoms with Gasteiger partial charge in [0.2, 0.25) is 0 Å². The summed E-state index contributed by atoms with van der Waals surface area (Å²) < 4.78 is 0. The van der Waals surface area contributed by atoms with Crippen molar-refractivity contribution in [3.8, 4) is 0 Å². The van der Waals surface area contributed by atoms with Crippen LogP contribution in [0.3, 0.4) is 0 Å². The molecule has 16 heavy (non-hydrogen) atoms. The first-order chi connectivity index (χ1) is 7.58. The number of nitrogens with zero attached hydrogens (tertiary/aromatic N) is 1. The number of carbonyl (C=O) groups excluding carboxylic acids is 1. The van der Waals surface area contributed by atoms with Gasteiger partial charge in [-0.05, 0) is 6.92 Å². The van der Waals surface area contributed by atoms with Gasteiger partial charge >= 0.3 is 12.0 Å². The van der Waals surface area contributed by atoms with Gasteiger partial charge in [0.25, 0.3) is 0 Å². The summed E-state index contributed by atoms with van der Waals surface area (Å²) in [4.78, 5) is 29.6. The van der Waals surface area contributed by atoms with Gasteiger partial charge < -0.3 is 10.4 Å². The molecule has 0 aliphatic heterocycles. The fourth-order valence-corrected chi connectivity index (χ4v) is 1.47. The van der Waals surface area contributed by atoms with Gasteiger partial charge in [-0.25, -0.2) is 20.1 Å². The second kappa shape index (κ2) is 6.03. The molecule has 0 aromatic carbocycles. The van der Waals surface area contributed by atoms with E-state index in [1.807, 2.05) is 17.8 Å². The van der Waals surface area contributed by atoms with Crippen LogP contribution >= 0.6 is 11.3 Å². The average Bonchev–Trinajstić information content (AvgIpc) is 2.61. The Morgan fingerprint density at radius 1 is 1.62 bits per heavy atom. The van der Waals surface area contributed by atoms with Crippen molar-refractivity contribution in [2.45, 2.75) is 13.5 Å². The van der Waals surface area contributed by atoms with Gasteiger partial charge in [0.05, 0.1) is 17.2 Å². The van der Waals surface area contributed by atoms with Crippen molar-refractivity contribution in [3.63, 3.8) is 0 Å². The summed E-state index contributed by atoms with van der Waals surface area (Å²) in [7, 11) is 0. The molecule has 0 saturated carbocycles. The molecular weight excluding hydrogens is 234 g/mol. The van der Waals surface area contributed by atoms with E-state index < -0.39 is 18.6 Å². The van der Waals surface area contributed by atoms with Crippen LogP contribution in [0.15, 0.2) is 5.38 Å². The van der Waals surface area contributed by atoms with E-state index in [0.29, 0.717) is 0 Å². The second-order valence-corrected chi connectivity index (χ2v) is 3.89. The molecule has 1 aromatic heterocycles. The number of aryl methyl sites for hydroxylation is 1. The number of carboxylic acid groups (broad SMARTS) is 1. The Morgan fingerprint density at radius 2 is 2.38 bits per heavy atom. The number of amides is 2. The number of carboxylic acids is 1. The molecule has 0 spiro atoms. The van der Waals surface area contributed by atoms with Crippen LogP contribution in [-0.4, -0.2) is 28.7 Å². The van der Waals surface area contributed by atoms with Crippen molar-refractivity contribution in [1.82, 2.24) is 15.8 Å². The number of hydroxylamine groups is 1. The van der Waals surface area contributed by atoms with E-state index in [2.05, 4.69) is 15.1 Å². The minimum absolute atomic E-state index is 0.270. The number of hydrogen-bond acceptors (Lipinski definition) is 5. The van der Waals surface area contributed by atoms with Crippen LogP contribution < -0.4 is 10.8 Å². The van der Waals surface area contributed by atoms with E-state index in [9.17, 15) is 9.59 Å². The van der Waals surface area contributed by atoms with E-state index in [-0.39, 0.29) is 6.54 Å². The molecule has 0 fully saturated rings. The lowest BCUT2D eigenvalue weighted by molar-refractivity contribution is -0.144. The van der Waals surface area contributed by atoms with E-state index in [1.54, 1.807) is 0 Å². The summed E-state index contributed by atoms with van der Waals surface area (Å²) in [6.45, 7) is 1.56. The predicted octanol–water partition coefficient (Wildman–Crippen LogP) is 0.267. The molecule has 0 radical (unpaired) electrons. The van der Waals surface area contributed by atoms with Crippen LogP contribution in [0.4, 0.5) is 4.79 Å². The van der Waals surface area contributed by atoms with E-state index in [0.717, 1.165) is 10.7 Å². The third-order valence-corrected chi connectivity index (χ3v) is 2.28. The van der Waals surface area contributed by atoms with Gasteiger partial charge in [0, 0.05) is 5.38 Å². The van der Waals surface area contributed by atoms with Crippen LogP contribution in [0.5, 0.6) is 0 Å². The number of thiazole rings is 1. The summed E-state index contributed by atoms with van der Waals surface area (Å²) in [6.07, 6.45) is 0. The normalized spacial score (nSPS) is 9.81. The van der Waals surface area contributed by atoms with Crippen molar-refractivity contribution in [1.29, 1.82) is 0 Å². The number of hydrogen-bond donors (Lipinski definition) is 3. The maximum Gasteiger partial charge on any atom is 0.339 e. The standard InChI is InChI=1S/C8H11N3O4S/c1-5-10-6(4-16-5)2-9-8(14)11-15-3-7(12)13/h4H,2-3H2,1H3,(H,12,13)(H2,9,11,14). The lowest BCUT2D eigenvalue weighted by Gasteiger charge is -2.04. The molecule has 88 valence electrons. The SMILES string of the molecule is Cc1nc(CNC(=O)NOCC(=O)O)cs1. The van der Waals surface area contributed by atoms with Crippen molar-refractivity contribution in [2.24, 2.45) is 0 Å². The number of urea groups is 1. The first-order valence-corrected chi connectivity index (χ1v) is 5.24. The highest BCUT2D eigenvalue weighted by Crippen LogP contribution is 2.06. The molecule has 1 heterocycles. The van der Waals surface area contributed by atoms with Crippen LogP contribution in [-0.2, 0) is 16.2 Å². The lowest BCUT2D eigenvalue weighted by atomic mass is 10.5. The summed E-state index contributed by atoms with van der Waals surface area (Å²) in [5.74, 6) is -1.16. The third-order valence-electron chi connectivity index (χ3n) is 1.46. The second-order valence-electron chi connectivity index (χ2n) is 2.83. The quantitative estimate of drug-likeness (QED) is 0.646. The van der Waals surface area contributed by atoms with E-state index in [1.165, 1.54) is 11.3 Å². The smallest absolute Gasteiger partial charge is 0.339 e. The molecule has 7 nitrogen and oxygen atoms in total. The minimum Gasteiger partial charge on any atom is -0.479 e. The number of carbonyl (C=O) groups is 2. The molecule has 1 aromatic rings. The minimum atomic E-state index is -1.16. The molecule has 0 saturated heterocycles. The molecule has 1 rings (SSSR count). The fraction of sp³-hybridized carbons (Fsp3) is 0.375. The zero-order chi connectivity index (χ0) is 12.0. The molecule has 3 N–H and O–H groups in total. The Balaban J connectivity index is 2.17. The fourth-order valence-electron chi connectivity index (χ4n) is 0.860. The van der Waals surface area contributed by atoms with Gasteiger partial charge in [0.15, 0.2) is 6.61 Å².